The minimum atomic E-state index is -0.374. The molecule has 0 saturated carbocycles. The monoisotopic (exact) mass is 244 g/mol. The van der Waals surface area contributed by atoms with Crippen LogP contribution in [0.25, 0.3) is 0 Å². The largest absolute Gasteiger partial charge is 0.392 e. The lowest BCUT2D eigenvalue weighted by Gasteiger charge is -2.10. The van der Waals surface area contributed by atoms with Crippen LogP contribution in [0.3, 0.4) is 0 Å². The first kappa shape index (κ1) is 12.8. The average molecular weight is 244 g/mol. The number of benzene rings is 1. The molecule has 1 unspecified atom stereocenters. The third-order valence-corrected chi connectivity index (χ3v) is 2.97. The van der Waals surface area contributed by atoms with Gasteiger partial charge in [0.2, 0.25) is 0 Å². The van der Waals surface area contributed by atoms with Gasteiger partial charge in [0.05, 0.1) is 11.8 Å². The number of aromatic nitrogens is 2. The second-order valence-electron chi connectivity index (χ2n) is 5.04. The number of rotatable bonds is 4. The van der Waals surface area contributed by atoms with Crippen LogP contribution in [-0.4, -0.2) is 21.0 Å². The van der Waals surface area contributed by atoms with Crippen LogP contribution in [0.5, 0.6) is 0 Å². The van der Waals surface area contributed by atoms with E-state index in [0.29, 0.717) is 12.8 Å². The van der Waals surface area contributed by atoms with Crippen molar-refractivity contribution in [2.24, 2.45) is 7.05 Å². The molecule has 0 amide bonds. The zero-order valence-electron chi connectivity index (χ0n) is 11.2. The summed E-state index contributed by atoms with van der Waals surface area (Å²) in [7, 11) is 1.89. The van der Waals surface area contributed by atoms with Gasteiger partial charge in [-0.25, -0.2) is 0 Å². The Morgan fingerprint density at radius 1 is 1.17 bits per heavy atom. The minimum Gasteiger partial charge on any atom is -0.392 e. The SMILES string of the molecule is Cc1cc(C)cc(CC(O)Cc2ccn(C)n2)c1. The van der Waals surface area contributed by atoms with Crippen molar-refractivity contribution in [3.8, 4) is 0 Å². The Hall–Kier alpha value is -1.61. The van der Waals surface area contributed by atoms with E-state index in [4.69, 9.17) is 0 Å². The van der Waals surface area contributed by atoms with Gasteiger partial charge in [0, 0.05) is 19.7 Å². The Morgan fingerprint density at radius 3 is 2.39 bits per heavy atom. The molecular weight excluding hydrogens is 224 g/mol. The zero-order valence-corrected chi connectivity index (χ0v) is 11.2. The number of aryl methyl sites for hydroxylation is 3. The number of aliphatic hydroxyl groups excluding tert-OH is 1. The molecule has 0 saturated heterocycles. The molecule has 3 heteroatoms. The highest BCUT2D eigenvalue weighted by Crippen LogP contribution is 2.12. The van der Waals surface area contributed by atoms with Crippen molar-refractivity contribution in [1.82, 2.24) is 9.78 Å². The topological polar surface area (TPSA) is 38.0 Å². The number of hydrogen-bond acceptors (Lipinski definition) is 2. The molecule has 1 atom stereocenters. The molecule has 2 rings (SSSR count). The van der Waals surface area contributed by atoms with Gasteiger partial charge in [0.1, 0.15) is 0 Å². The maximum atomic E-state index is 10.1. The van der Waals surface area contributed by atoms with Crippen molar-refractivity contribution in [2.75, 3.05) is 0 Å². The molecular formula is C15H20N2O. The highest BCUT2D eigenvalue weighted by Gasteiger charge is 2.09. The molecule has 3 nitrogen and oxygen atoms in total. The normalized spacial score (nSPS) is 12.7. The van der Waals surface area contributed by atoms with Crippen LogP contribution in [-0.2, 0) is 19.9 Å². The second-order valence-corrected chi connectivity index (χ2v) is 5.04. The van der Waals surface area contributed by atoms with E-state index in [0.717, 1.165) is 5.69 Å². The summed E-state index contributed by atoms with van der Waals surface area (Å²) in [6, 6.07) is 8.36. The number of hydrogen-bond donors (Lipinski definition) is 1. The summed E-state index contributed by atoms with van der Waals surface area (Å²) in [5.74, 6) is 0. The van der Waals surface area contributed by atoms with E-state index in [1.54, 1.807) is 4.68 Å². The Labute approximate surface area is 108 Å². The quantitative estimate of drug-likeness (QED) is 0.895. The molecule has 1 aromatic heterocycles. The van der Waals surface area contributed by atoms with E-state index in [1.807, 2.05) is 19.3 Å². The summed E-state index contributed by atoms with van der Waals surface area (Å²) in [4.78, 5) is 0. The Bertz CT molecular complexity index is 511. The van der Waals surface area contributed by atoms with Crippen LogP contribution in [0.2, 0.25) is 0 Å². The van der Waals surface area contributed by atoms with Gasteiger partial charge in [-0.3, -0.25) is 4.68 Å². The van der Waals surface area contributed by atoms with Crippen molar-refractivity contribution in [2.45, 2.75) is 32.8 Å². The molecule has 1 aromatic carbocycles. The van der Waals surface area contributed by atoms with Crippen LogP contribution in [0, 0.1) is 13.8 Å². The van der Waals surface area contributed by atoms with Crippen LogP contribution < -0.4 is 0 Å². The molecule has 0 radical (unpaired) electrons. The second kappa shape index (κ2) is 5.36. The predicted molar refractivity (Wildman–Crippen MR) is 72.5 cm³/mol. The molecule has 1 N–H and O–H groups in total. The molecule has 2 aromatic rings. The molecule has 18 heavy (non-hydrogen) atoms. The van der Waals surface area contributed by atoms with Gasteiger partial charge in [0.15, 0.2) is 0 Å². The van der Waals surface area contributed by atoms with Crippen LogP contribution in [0.1, 0.15) is 22.4 Å². The summed E-state index contributed by atoms with van der Waals surface area (Å²) < 4.78 is 1.76. The van der Waals surface area contributed by atoms with Crippen molar-refractivity contribution in [3.63, 3.8) is 0 Å². The fourth-order valence-electron chi connectivity index (χ4n) is 2.34. The van der Waals surface area contributed by atoms with E-state index >= 15 is 0 Å². The lowest BCUT2D eigenvalue weighted by atomic mass is 10.0. The van der Waals surface area contributed by atoms with E-state index in [-0.39, 0.29) is 6.10 Å². The number of aliphatic hydroxyl groups is 1. The molecule has 0 fully saturated rings. The number of nitrogens with zero attached hydrogens (tertiary/aromatic N) is 2. The summed E-state index contributed by atoms with van der Waals surface area (Å²) in [5, 5.41) is 14.4. The van der Waals surface area contributed by atoms with Gasteiger partial charge in [0.25, 0.3) is 0 Å². The Morgan fingerprint density at radius 2 is 1.83 bits per heavy atom. The van der Waals surface area contributed by atoms with Crippen molar-refractivity contribution < 1.29 is 5.11 Å². The van der Waals surface area contributed by atoms with E-state index in [1.165, 1.54) is 16.7 Å². The minimum absolute atomic E-state index is 0.374. The van der Waals surface area contributed by atoms with E-state index in [2.05, 4.69) is 37.1 Å². The molecule has 0 aliphatic carbocycles. The average Bonchev–Trinajstić information content (AvgIpc) is 2.61. The molecule has 0 aliphatic rings. The van der Waals surface area contributed by atoms with E-state index < -0.39 is 0 Å². The molecule has 1 heterocycles. The highest BCUT2D eigenvalue weighted by atomic mass is 16.3. The predicted octanol–water partition coefficient (Wildman–Crippen LogP) is 2.18. The van der Waals surface area contributed by atoms with Gasteiger partial charge in [-0.1, -0.05) is 29.3 Å². The smallest absolute Gasteiger partial charge is 0.0650 e. The Kier molecular flexibility index (Phi) is 3.82. The molecule has 96 valence electrons. The van der Waals surface area contributed by atoms with E-state index in [9.17, 15) is 5.11 Å². The lowest BCUT2D eigenvalue weighted by molar-refractivity contribution is 0.174. The van der Waals surface area contributed by atoms with Crippen LogP contribution >= 0.6 is 0 Å². The fraction of sp³-hybridized carbons (Fsp3) is 0.400. The van der Waals surface area contributed by atoms with Crippen LogP contribution in [0.15, 0.2) is 30.5 Å². The fourth-order valence-corrected chi connectivity index (χ4v) is 2.34. The van der Waals surface area contributed by atoms with Crippen molar-refractivity contribution in [1.29, 1.82) is 0 Å². The van der Waals surface area contributed by atoms with Gasteiger partial charge >= 0.3 is 0 Å². The Balaban J connectivity index is 2.00. The third-order valence-electron chi connectivity index (χ3n) is 2.97. The summed E-state index contributed by atoms with van der Waals surface area (Å²) in [6.45, 7) is 4.17. The first-order valence-corrected chi connectivity index (χ1v) is 6.26. The van der Waals surface area contributed by atoms with Crippen molar-refractivity contribution in [3.05, 3.63) is 52.8 Å². The first-order chi connectivity index (χ1) is 8.52. The van der Waals surface area contributed by atoms with Gasteiger partial charge in [-0.2, -0.15) is 5.10 Å². The first-order valence-electron chi connectivity index (χ1n) is 6.26. The summed E-state index contributed by atoms with van der Waals surface area (Å²) in [5.41, 5.74) is 4.62. The maximum absolute atomic E-state index is 10.1. The van der Waals surface area contributed by atoms with Crippen molar-refractivity contribution >= 4 is 0 Å². The third kappa shape index (κ3) is 3.44. The van der Waals surface area contributed by atoms with Crippen LogP contribution in [0.4, 0.5) is 0 Å². The molecule has 0 aliphatic heterocycles. The van der Waals surface area contributed by atoms with Gasteiger partial charge < -0.3 is 5.11 Å². The summed E-state index contributed by atoms with van der Waals surface area (Å²) in [6.07, 6.45) is 2.81. The zero-order chi connectivity index (χ0) is 13.1. The highest BCUT2D eigenvalue weighted by molar-refractivity contribution is 5.29. The molecule has 0 bridgehead atoms. The van der Waals surface area contributed by atoms with Gasteiger partial charge in [-0.05, 0) is 31.9 Å². The lowest BCUT2D eigenvalue weighted by Crippen LogP contribution is -2.14. The van der Waals surface area contributed by atoms with Gasteiger partial charge in [-0.15, -0.1) is 0 Å². The maximum Gasteiger partial charge on any atom is 0.0650 e. The summed E-state index contributed by atoms with van der Waals surface area (Å²) >= 11 is 0. The standard InChI is InChI=1S/C15H20N2O/c1-11-6-12(2)8-13(7-11)9-15(18)10-14-4-5-17(3)16-14/h4-8,15,18H,9-10H2,1-3H3. The molecule has 0 spiro atoms.